The van der Waals surface area contributed by atoms with E-state index < -0.39 is 0 Å². The number of hydrogen-bond acceptors (Lipinski definition) is 3. The van der Waals surface area contributed by atoms with Crippen molar-refractivity contribution < 1.29 is 9.53 Å². The Bertz CT molecular complexity index is 629. The second-order valence-corrected chi connectivity index (χ2v) is 5.69. The number of carbonyl (C=O) groups excluding carboxylic acids is 1. The summed E-state index contributed by atoms with van der Waals surface area (Å²) < 4.78 is 5.28. The molecule has 1 aliphatic rings. The average Bonchev–Trinajstić information content (AvgIpc) is 3.08. The van der Waals surface area contributed by atoms with E-state index >= 15 is 0 Å². The van der Waals surface area contributed by atoms with Gasteiger partial charge in [0.05, 0.1) is 11.0 Å². The van der Waals surface area contributed by atoms with Gasteiger partial charge in [0.25, 0.3) is 0 Å². The number of imidazole rings is 1. The highest BCUT2D eigenvalue weighted by Gasteiger charge is 2.18. The molecule has 0 radical (unpaired) electrons. The van der Waals surface area contributed by atoms with Gasteiger partial charge in [0.15, 0.2) is 0 Å². The molecule has 0 spiro atoms. The quantitative estimate of drug-likeness (QED) is 0.883. The first-order valence-electron chi connectivity index (χ1n) is 7.51. The van der Waals surface area contributed by atoms with Crippen LogP contribution in [0.3, 0.4) is 0 Å². The fourth-order valence-corrected chi connectivity index (χ4v) is 2.74. The molecular formula is C16H21N3O2. The van der Waals surface area contributed by atoms with E-state index in [-0.39, 0.29) is 5.91 Å². The van der Waals surface area contributed by atoms with Gasteiger partial charge < -0.3 is 15.0 Å². The van der Waals surface area contributed by atoms with E-state index in [4.69, 9.17) is 4.74 Å². The third-order valence-electron chi connectivity index (χ3n) is 3.95. The predicted molar refractivity (Wildman–Crippen MR) is 81.1 cm³/mol. The summed E-state index contributed by atoms with van der Waals surface area (Å²) in [7, 11) is 0. The lowest BCUT2D eigenvalue weighted by Crippen LogP contribution is -2.27. The zero-order valence-corrected chi connectivity index (χ0v) is 12.3. The van der Waals surface area contributed by atoms with Crippen molar-refractivity contribution in [1.29, 1.82) is 0 Å². The summed E-state index contributed by atoms with van der Waals surface area (Å²) in [5, 5.41) is 2.96. The summed E-state index contributed by atoms with van der Waals surface area (Å²) in [4.78, 5) is 19.7. The molecule has 0 saturated carbocycles. The first-order valence-corrected chi connectivity index (χ1v) is 7.51. The minimum Gasteiger partial charge on any atom is -0.381 e. The van der Waals surface area contributed by atoms with Crippen LogP contribution in [0.5, 0.6) is 0 Å². The minimum absolute atomic E-state index is 0.109. The first-order chi connectivity index (χ1) is 10.2. The van der Waals surface area contributed by atoms with Gasteiger partial charge in [0.2, 0.25) is 5.91 Å². The summed E-state index contributed by atoms with van der Waals surface area (Å²) in [5.41, 5.74) is 3.24. The smallest absolute Gasteiger partial charge is 0.220 e. The summed E-state index contributed by atoms with van der Waals surface area (Å²) in [6.45, 7) is 4.18. The van der Waals surface area contributed by atoms with Crippen LogP contribution in [-0.2, 0) is 16.0 Å². The molecule has 0 bridgehead atoms. The fourth-order valence-electron chi connectivity index (χ4n) is 2.74. The molecule has 1 fully saturated rings. The molecule has 1 aliphatic heterocycles. The largest absolute Gasteiger partial charge is 0.381 e. The van der Waals surface area contributed by atoms with Gasteiger partial charge in [-0.15, -0.1) is 0 Å². The number of rotatable bonds is 5. The molecule has 3 rings (SSSR count). The minimum atomic E-state index is 0.109. The van der Waals surface area contributed by atoms with Crippen LogP contribution in [0.1, 0.15) is 24.2 Å². The number of aromatic amines is 1. The molecule has 0 aliphatic carbocycles. The second-order valence-electron chi connectivity index (χ2n) is 5.69. The van der Waals surface area contributed by atoms with Crippen molar-refractivity contribution in [3.63, 3.8) is 0 Å². The number of nitrogens with zero attached hydrogens (tertiary/aromatic N) is 1. The van der Waals surface area contributed by atoms with E-state index in [0.29, 0.717) is 18.9 Å². The van der Waals surface area contributed by atoms with Crippen LogP contribution in [0.2, 0.25) is 0 Å². The number of benzene rings is 1. The highest BCUT2D eigenvalue weighted by atomic mass is 16.5. The van der Waals surface area contributed by atoms with E-state index in [1.54, 1.807) is 0 Å². The molecule has 1 aromatic heterocycles. The SMILES string of the molecule is Cc1cccc2[nH]c(CCNC(=O)C[C@@H]3CCOC3)nc12. The van der Waals surface area contributed by atoms with Gasteiger partial charge in [-0.05, 0) is 30.9 Å². The van der Waals surface area contributed by atoms with E-state index in [0.717, 1.165) is 42.9 Å². The van der Waals surface area contributed by atoms with Gasteiger partial charge in [0, 0.05) is 32.6 Å². The highest BCUT2D eigenvalue weighted by Crippen LogP contribution is 2.16. The van der Waals surface area contributed by atoms with E-state index in [9.17, 15) is 4.79 Å². The van der Waals surface area contributed by atoms with Gasteiger partial charge in [-0.25, -0.2) is 4.98 Å². The summed E-state index contributed by atoms with van der Waals surface area (Å²) >= 11 is 0. The third kappa shape index (κ3) is 3.42. The topological polar surface area (TPSA) is 67.0 Å². The van der Waals surface area contributed by atoms with E-state index in [1.807, 2.05) is 12.1 Å². The van der Waals surface area contributed by atoms with Crippen LogP contribution < -0.4 is 5.32 Å². The van der Waals surface area contributed by atoms with Crippen molar-refractivity contribution in [3.05, 3.63) is 29.6 Å². The van der Waals surface area contributed by atoms with Crippen LogP contribution in [0.25, 0.3) is 11.0 Å². The van der Waals surface area contributed by atoms with E-state index in [2.05, 4.69) is 28.3 Å². The number of hydrogen-bond donors (Lipinski definition) is 2. The molecule has 5 nitrogen and oxygen atoms in total. The fraction of sp³-hybridized carbons (Fsp3) is 0.500. The molecule has 0 unspecified atom stereocenters. The lowest BCUT2D eigenvalue weighted by Gasteiger charge is -2.07. The maximum absolute atomic E-state index is 11.8. The van der Waals surface area contributed by atoms with Crippen LogP contribution in [0.4, 0.5) is 0 Å². The molecule has 21 heavy (non-hydrogen) atoms. The molecule has 112 valence electrons. The molecular weight excluding hydrogens is 266 g/mol. The van der Waals surface area contributed by atoms with Crippen molar-refractivity contribution in [3.8, 4) is 0 Å². The van der Waals surface area contributed by atoms with Crippen LogP contribution in [0.15, 0.2) is 18.2 Å². The Kier molecular flexibility index (Phi) is 4.20. The Morgan fingerprint density at radius 1 is 1.52 bits per heavy atom. The maximum Gasteiger partial charge on any atom is 0.220 e. The van der Waals surface area contributed by atoms with Crippen molar-refractivity contribution in [2.45, 2.75) is 26.2 Å². The maximum atomic E-state index is 11.8. The zero-order chi connectivity index (χ0) is 14.7. The number of carbonyl (C=O) groups is 1. The summed E-state index contributed by atoms with van der Waals surface area (Å²) in [6.07, 6.45) is 2.29. The Labute approximate surface area is 124 Å². The van der Waals surface area contributed by atoms with Gasteiger partial charge in [0.1, 0.15) is 5.82 Å². The molecule has 2 heterocycles. The van der Waals surface area contributed by atoms with Crippen LogP contribution >= 0.6 is 0 Å². The molecule has 1 atom stereocenters. The number of aryl methyl sites for hydroxylation is 1. The van der Waals surface area contributed by atoms with Crippen molar-refractivity contribution >= 4 is 16.9 Å². The Morgan fingerprint density at radius 2 is 2.43 bits per heavy atom. The number of fused-ring (bicyclic) bond motifs is 1. The van der Waals surface area contributed by atoms with E-state index in [1.165, 1.54) is 5.56 Å². The number of H-pyrrole nitrogens is 1. The highest BCUT2D eigenvalue weighted by molar-refractivity contribution is 5.78. The number of amides is 1. The number of ether oxygens (including phenoxy) is 1. The molecule has 1 aromatic carbocycles. The predicted octanol–water partition coefficient (Wildman–Crippen LogP) is 1.96. The molecule has 2 aromatic rings. The summed E-state index contributed by atoms with van der Waals surface area (Å²) in [6, 6.07) is 6.10. The average molecular weight is 287 g/mol. The van der Waals surface area contributed by atoms with Gasteiger partial charge in [-0.1, -0.05) is 12.1 Å². The Balaban J connectivity index is 1.49. The standard InChI is InChI=1S/C16H21N3O2/c1-11-3-2-4-13-16(11)19-14(18-13)5-7-17-15(20)9-12-6-8-21-10-12/h2-4,12H,5-10H2,1H3,(H,17,20)(H,18,19)/t12-/m0/s1. The van der Waals surface area contributed by atoms with Crippen molar-refractivity contribution in [2.75, 3.05) is 19.8 Å². The molecule has 1 amide bonds. The van der Waals surface area contributed by atoms with Crippen molar-refractivity contribution in [2.24, 2.45) is 5.92 Å². The third-order valence-corrected chi connectivity index (χ3v) is 3.95. The number of para-hydroxylation sites is 1. The lowest BCUT2D eigenvalue weighted by atomic mass is 10.1. The Morgan fingerprint density at radius 3 is 3.19 bits per heavy atom. The number of aromatic nitrogens is 2. The van der Waals surface area contributed by atoms with Crippen molar-refractivity contribution in [1.82, 2.24) is 15.3 Å². The normalized spacial score (nSPS) is 18.2. The van der Waals surface area contributed by atoms with Gasteiger partial charge >= 0.3 is 0 Å². The molecule has 2 N–H and O–H groups in total. The Hall–Kier alpha value is -1.88. The van der Waals surface area contributed by atoms with Gasteiger partial charge in [-0.2, -0.15) is 0 Å². The van der Waals surface area contributed by atoms with Gasteiger partial charge in [-0.3, -0.25) is 4.79 Å². The monoisotopic (exact) mass is 287 g/mol. The van der Waals surface area contributed by atoms with Crippen LogP contribution in [0, 0.1) is 12.8 Å². The molecule has 5 heteroatoms. The molecule has 1 saturated heterocycles. The number of nitrogens with one attached hydrogen (secondary N) is 2. The van der Waals surface area contributed by atoms with Crippen LogP contribution in [-0.4, -0.2) is 35.6 Å². The zero-order valence-electron chi connectivity index (χ0n) is 12.3. The lowest BCUT2D eigenvalue weighted by molar-refractivity contribution is -0.122. The first kappa shape index (κ1) is 14.1. The summed E-state index contributed by atoms with van der Waals surface area (Å²) in [5.74, 6) is 1.42. The second kappa shape index (κ2) is 6.26.